The summed E-state index contributed by atoms with van der Waals surface area (Å²) >= 11 is 12.1. The van der Waals surface area contributed by atoms with Crippen molar-refractivity contribution in [1.29, 1.82) is 0 Å². The van der Waals surface area contributed by atoms with Crippen LogP contribution in [-0.2, 0) is 0 Å². The molecule has 3 rings (SSSR count). The van der Waals surface area contributed by atoms with Gasteiger partial charge in [-0.2, -0.15) is 0 Å². The van der Waals surface area contributed by atoms with Gasteiger partial charge in [0.05, 0.1) is 13.7 Å². The molecule has 0 aliphatic rings. The second-order valence-electron chi connectivity index (χ2n) is 8.57. The third kappa shape index (κ3) is 8.69. The lowest BCUT2D eigenvalue weighted by Crippen LogP contribution is -2.41. The first kappa shape index (κ1) is 28.4. The van der Waals surface area contributed by atoms with Crippen molar-refractivity contribution in [2.45, 2.75) is 45.2 Å². The Morgan fingerprint density at radius 1 is 0.784 bits per heavy atom. The quantitative estimate of drug-likeness (QED) is 0.176. The fraction of sp³-hybridized carbons (Fsp3) is 0.310. The third-order valence-electron chi connectivity index (χ3n) is 5.75. The van der Waals surface area contributed by atoms with Gasteiger partial charge in [0.1, 0.15) is 6.17 Å². The predicted molar refractivity (Wildman–Crippen MR) is 148 cm³/mol. The molecular weight excluding hydrogens is 511 g/mol. The molecule has 0 radical (unpaired) electrons. The number of benzene rings is 3. The van der Waals surface area contributed by atoms with Crippen LogP contribution >= 0.6 is 23.2 Å². The lowest BCUT2D eigenvalue weighted by Gasteiger charge is -2.22. The zero-order valence-electron chi connectivity index (χ0n) is 21.1. The summed E-state index contributed by atoms with van der Waals surface area (Å²) in [5.74, 6) is 0.309. The van der Waals surface area contributed by atoms with Crippen molar-refractivity contribution in [2.75, 3.05) is 13.7 Å². The van der Waals surface area contributed by atoms with Crippen LogP contribution in [0.1, 0.15) is 71.5 Å². The van der Waals surface area contributed by atoms with Gasteiger partial charge in [-0.1, -0.05) is 74.0 Å². The van der Waals surface area contributed by atoms with Gasteiger partial charge in [0.15, 0.2) is 11.5 Å². The van der Waals surface area contributed by atoms with Gasteiger partial charge in [-0.25, -0.2) is 0 Å². The van der Waals surface area contributed by atoms with Crippen LogP contribution in [0.15, 0.2) is 66.7 Å². The van der Waals surface area contributed by atoms with Crippen molar-refractivity contribution >= 4 is 35.0 Å². The molecule has 0 unspecified atom stereocenters. The highest BCUT2D eigenvalue weighted by Gasteiger charge is 2.21. The average molecular weight is 543 g/mol. The number of carbonyl (C=O) groups is 2. The minimum Gasteiger partial charge on any atom is -0.493 e. The van der Waals surface area contributed by atoms with Crippen LogP contribution in [0.5, 0.6) is 11.5 Å². The largest absolute Gasteiger partial charge is 0.493 e. The highest BCUT2D eigenvalue weighted by atomic mass is 35.5. The van der Waals surface area contributed by atoms with Crippen LogP contribution in [0, 0.1) is 0 Å². The number of ether oxygens (including phenoxy) is 2. The molecule has 0 heterocycles. The normalized spacial score (nSPS) is 10.7. The summed E-state index contributed by atoms with van der Waals surface area (Å²) in [6.07, 6.45) is 4.81. The molecular formula is C29H32Cl2N2O4. The first-order valence-corrected chi connectivity index (χ1v) is 13.1. The van der Waals surface area contributed by atoms with E-state index in [2.05, 4.69) is 17.6 Å². The zero-order chi connectivity index (χ0) is 26.6. The van der Waals surface area contributed by atoms with Crippen LogP contribution in [0.4, 0.5) is 0 Å². The Kier molecular flexibility index (Phi) is 11.1. The van der Waals surface area contributed by atoms with E-state index in [0.29, 0.717) is 44.8 Å². The van der Waals surface area contributed by atoms with Gasteiger partial charge in [0.25, 0.3) is 11.8 Å². The van der Waals surface area contributed by atoms with Crippen LogP contribution in [0.3, 0.4) is 0 Å². The first-order valence-electron chi connectivity index (χ1n) is 12.3. The minimum absolute atomic E-state index is 0.365. The summed E-state index contributed by atoms with van der Waals surface area (Å²) in [4.78, 5) is 26.1. The van der Waals surface area contributed by atoms with Gasteiger partial charge in [0.2, 0.25) is 0 Å². The Balaban J connectivity index is 1.81. The summed E-state index contributed by atoms with van der Waals surface area (Å²) in [7, 11) is 1.55. The zero-order valence-corrected chi connectivity index (χ0v) is 22.6. The topological polar surface area (TPSA) is 76.7 Å². The maximum Gasteiger partial charge on any atom is 0.253 e. The summed E-state index contributed by atoms with van der Waals surface area (Å²) in [5.41, 5.74) is 1.34. The Hall–Kier alpha value is -3.22. The fourth-order valence-electron chi connectivity index (χ4n) is 3.76. The first-order chi connectivity index (χ1) is 17.9. The average Bonchev–Trinajstić information content (AvgIpc) is 2.90. The maximum atomic E-state index is 13.0. The number of methoxy groups -OCH3 is 1. The molecule has 0 saturated carbocycles. The molecule has 0 saturated heterocycles. The molecule has 0 atom stereocenters. The molecule has 0 spiro atoms. The molecule has 37 heavy (non-hydrogen) atoms. The molecule has 6 nitrogen and oxygen atoms in total. The van der Waals surface area contributed by atoms with E-state index in [1.807, 2.05) is 0 Å². The summed E-state index contributed by atoms with van der Waals surface area (Å²) in [6.45, 7) is 2.77. The molecule has 196 valence electrons. The number of amides is 2. The van der Waals surface area contributed by atoms with Crippen molar-refractivity contribution in [3.05, 3.63) is 93.5 Å². The lowest BCUT2D eigenvalue weighted by atomic mass is 10.1. The van der Waals surface area contributed by atoms with Crippen molar-refractivity contribution < 1.29 is 19.1 Å². The number of hydrogen-bond acceptors (Lipinski definition) is 4. The van der Waals surface area contributed by atoms with E-state index < -0.39 is 18.0 Å². The van der Waals surface area contributed by atoms with Crippen molar-refractivity contribution in [3.8, 4) is 11.5 Å². The Labute approximate surface area is 228 Å². The van der Waals surface area contributed by atoms with Gasteiger partial charge in [-0.15, -0.1) is 0 Å². The second kappa shape index (κ2) is 14.5. The van der Waals surface area contributed by atoms with Crippen LogP contribution in [-0.4, -0.2) is 25.5 Å². The van der Waals surface area contributed by atoms with Crippen LogP contribution in [0.25, 0.3) is 0 Å². The predicted octanol–water partition coefficient (Wildman–Crippen LogP) is 7.21. The van der Waals surface area contributed by atoms with E-state index in [0.717, 1.165) is 12.8 Å². The summed E-state index contributed by atoms with van der Waals surface area (Å²) < 4.78 is 11.5. The number of rotatable bonds is 13. The van der Waals surface area contributed by atoms with Gasteiger partial charge in [-0.05, 0) is 60.5 Å². The third-order valence-corrected chi connectivity index (χ3v) is 6.22. The Morgan fingerprint density at radius 2 is 1.38 bits per heavy atom. The second-order valence-corrected chi connectivity index (χ2v) is 9.45. The number of unbranched alkanes of at least 4 members (excludes halogenated alkanes) is 4. The molecule has 8 heteroatoms. The molecule has 0 aliphatic heterocycles. The number of halogens is 2. The SMILES string of the molecule is CCCCCCCOc1ccc(C(NC(=O)c2cccc(Cl)c2)NC(=O)c2cccc(Cl)c2)cc1OC. The molecule has 0 fully saturated rings. The fourth-order valence-corrected chi connectivity index (χ4v) is 4.14. The molecule has 2 N–H and O–H groups in total. The summed E-state index contributed by atoms with van der Waals surface area (Å²) in [6, 6.07) is 18.5. The molecule has 0 aliphatic carbocycles. The number of carbonyl (C=O) groups excluding carboxylic acids is 2. The highest BCUT2D eigenvalue weighted by Crippen LogP contribution is 2.30. The minimum atomic E-state index is -0.866. The number of nitrogens with one attached hydrogen (secondary N) is 2. The molecule has 3 aromatic carbocycles. The smallest absolute Gasteiger partial charge is 0.253 e. The lowest BCUT2D eigenvalue weighted by molar-refractivity contribution is 0.0883. The van der Waals surface area contributed by atoms with Crippen molar-refractivity contribution in [1.82, 2.24) is 10.6 Å². The van der Waals surface area contributed by atoms with Gasteiger partial charge >= 0.3 is 0 Å². The Bertz CT molecular complexity index is 1140. The van der Waals surface area contributed by atoms with E-state index in [1.165, 1.54) is 19.3 Å². The van der Waals surface area contributed by atoms with Gasteiger partial charge < -0.3 is 20.1 Å². The molecule has 0 aromatic heterocycles. The van der Waals surface area contributed by atoms with Crippen LogP contribution < -0.4 is 20.1 Å². The van der Waals surface area contributed by atoms with Gasteiger partial charge in [0, 0.05) is 21.2 Å². The summed E-state index contributed by atoms with van der Waals surface area (Å²) in [5, 5.41) is 6.62. The van der Waals surface area contributed by atoms with E-state index in [9.17, 15) is 9.59 Å². The van der Waals surface area contributed by atoms with E-state index >= 15 is 0 Å². The van der Waals surface area contributed by atoms with Crippen molar-refractivity contribution in [2.24, 2.45) is 0 Å². The Morgan fingerprint density at radius 3 is 1.92 bits per heavy atom. The molecule has 2 amide bonds. The van der Waals surface area contributed by atoms with E-state index in [4.69, 9.17) is 32.7 Å². The molecule has 0 bridgehead atoms. The van der Waals surface area contributed by atoms with E-state index in [-0.39, 0.29) is 0 Å². The van der Waals surface area contributed by atoms with Crippen LogP contribution in [0.2, 0.25) is 10.0 Å². The van der Waals surface area contributed by atoms with E-state index in [1.54, 1.807) is 73.8 Å². The number of hydrogen-bond donors (Lipinski definition) is 2. The highest BCUT2D eigenvalue weighted by molar-refractivity contribution is 6.31. The van der Waals surface area contributed by atoms with Crippen molar-refractivity contribution in [3.63, 3.8) is 0 Å². The maximum absolute atomic E-state index is 13.0. The van der Waals surface area contributed by atoms with Gasteiger partial charge in [-0.3, -0.25) is 9.59 Å². The molecule has 3 aromatic rings. The standard InChI is InChI=1S/C29H32Cl2N2O4/c1-3-4-5-6-7-16-37-25-15-14-20(19-26(25)36-2)27(32-28(34)21-10-8-12-23(30)17-21)33-29(35)22-11-9-13-24(31)18-22/h8-15,17-19,27H,3-7,16H2,1-2H3,(H,32,34)(H,33,35). The monoisotopic (exact) mass is 542 g/mol.